The SMILES string of the molecule is COC(=O)c1cccc(Nc2ccccc2)c1C(=O)OC. The molecule has 0 fully saturated rings. The van der Waals surface area contributed by atoms with E-state index in [9.17, 15) is 9.59 Å². The van der Waals surface area contributed by atoms with Crippen LogP contribution in [-0.4, -0.2) is 26.2 Å². The molecule has 0 amide bonds. The summed E-state index contributed by atoms with van der Waals surface area (Å²) in [5.41, 5.74) is 1.58. The molecule has 2 aromatic carbocycles. The zero-order chi connectivity index (χ0) is 15.2. The minimum Gasteiger partial charge on any atom is -0.465 e. The van der Waals surface area contributed by atoms with Gasteiger partial charge in [0.1, 0.15) is 0 Å². The number of hydrogen-bond acceptors (Lipinski definition) is 5. The lowest BCUT2D eigenvalue weighted by atomic mass is 10.0. The third-order valence-corrected chi connectivity index (χ3v) is 2.91. The molecule has 1 N–H and O–H groups in total. The fourth-order valence-electron chi connectivity index (χ4n) is 1.94. The van der Waals surface area contributed by atoms with E-state index in [-0.39, 0.29) is 11.1 Å². The van der Waals surface area contributed by atoms with Crippen molar-refractivity contribution in [1.82, 2.24) is 0 Å². The first-order chi connectivity index (χ1) is 10.2. The molecule has 0 aromatic heterocycles. The van der Waals surface area contributed by atoms with Gasteiger partial charge in [-0.1, -0.05) is 24.3 Å². The molecule has 0 heterocycles. The highest BCUT2D eigenvalue weighted by Gasteiger charge is 2.22. The molecule has 0 aliphatic heterocycles. The average molecular weight is 285 g/mol. The Morgan fingerprint density at radius 3 is 2.14 bits per heavy atom. The van der Waals surface area contributed by atoms with Gasteiger partial charge < -0.3 is 14.8 Å². The zero-order valence-electron chi connectivity index (χ0n) is 11.8. The van der Waals surface area contributed by atoms with E-state index in [0.29, 0.717) is 5.69 Å². The third-order valence-electron chi connectivity index (χ3n) is 2.91. The van der Waals surface area contributed by atoms with Gasteiger partial charge in [0, 0.05) is 5.69 Å². The number of methoxy groups -OCH3 is 2. The Labute approximate surface area is 122 Å². The second-order valence-electron chi connectivity index (χ2n) is 4.20. The van der Waals surface area contributed by atoms with E-state index >= 15 is 0 Å². The molecule has 0 saturated heterocycles. The maximum absolute atomic E-state index is 12.0. The Bertz CT molecular complexity index is 653. The van der Waals surface area contributed by atoms with Gasteiger partial charge in [-0.3, -0.25) is 0 Å². The molecule has 0 aliphatic rings. The van der Waals surface area contributed by atoms with Crippen molar-refractivity contribution in [2.45, 2.75) is 0 Å². The van der Waals surface area contributed by atoms with Gasteiger partial charge in [-0.15, -0.1) is 0 Å². The highest BCUT2D eigenvalue weighted by Crippen LogP contribution is 2.25. The monoisotopic (exact) mass is 285 g/mol. The standard InChI is InChI=1S/C16H15NO4/c1-20-15(18)12-9-6-10-13(14(12)16(19)21-2)17-11-7-4-3-5-8-11/h3-10,17H,1-2H3. The molecule has 21 heavy (non-hydrogen) atoms. The van der Waals surface area contributed by atoms with Crippen LogP contribution < -0.4 is 5.32 Å². The number of para-hydroxylation sites is 1. The summed E-state index contributed by atoms with van der Waals surface area (Å²) in [5, 5.41) is 3.10. The Balaban J connectivity index is 2.49. The molecule has 0 unspecified atom stereocenters. The third kappa shape index (κ3) is 3.20. The molecule has 2 aromatic rings. The summed E-state index contributed by atoms with van der Waals surface area (Å²) in [5.74, 6) is -1.19. The van der Waals surface area contributed by atoms with Crippen molar-refractivity contribution in [1.29, 1.82) is 0 Å². The number of rotatable bonds is 4. The van der Waals surface area contributed by atoms with E-state index < -0.39 is 11.9 Å². The van der Waals surface area contributed by atoms with Crippen molar-refractivity contribution in [2.24, 2.45) is 0 Å². The molecule has 108 valence electrons. The predicted octanol–water partition coefficient (Wildman–Crippen LogP) is 3.00. The van der Waals surface area contributed by atoms with Gasteiger partial charge in [0.05, 0.1) is 31.0 Å². The Morgan fingerprint density at radius 1 is 0.857 bits per heavy atom. The molecule has 0 spiro atoms. The van der Waals surface area contributed by atoms with Crippen LogP contribution in [0.3, 0.4) is 0 Å². The lowest BCUT2D eigenvalue weighted by molar-refractivity contribution is 0.0556. The van der Waals surface area contributed by atoms with Crippen LogP contribution in [0.1, 0.15) is 20.7 Å². The quantitative estimate of drug-likeness (QED) is 0.875. The Hall–Kier alpha value is -2.82. The fourth-order valence-corrected chi connectivity index (χ4v) is 1.94. The summed E-state index contributed by atoms with van der Waals surface area (Å²) in [4.78, 5) is 23.8. The first-order valence-electron chi connectivity index (χ1n) is 6.29. The van der Waals surface area contributed by atoms with E-state index in [2.05, 4.69) is 5.32 Å². The number of anilines is 2. The minimum atomic E-state index is -0.602. The second kappa shape index (κ2) is 6.56. The van der Waals surface area contributed by atoms with E-state index in [1.165, 1.54) is 20.3 Å². The molecule has 0 saturated carbocycles. The van der Waals surface area contributed by atoms with E-state index in [1.807, 2.05) is 30.3 Å². The van der Waals surface area contributed by atoms with Gasteiger partial charge in [-0.05, 0) is 24.3 Å². The topological polar surface area (TPSA) is 64.6 Å². The maximum Gasteiger partial charge on any atom is 0.340 e. The molecule has 2 rings (SSSR count). The van der Waals surface area contributed by atoms with Crippen LogP contribution in [0, 0.1) is 0 Å². The Morgan fingerprint density at radius 2 is 1.52 bits per heavy atom. The summed E-state index contributed by atoms with van der Waals surface area (Å²) in [6, 6.07) is 14.2. The van der Waals surface area contributed by atoms with Crippen molar-refractivity contribution < 1.29 is 19.1 Å². The first kappa shape index (κ1) is 14.6. The van der Waals surface area contributed by atoms with E-state index in [4.69, 9.17) is 9.47 Å². The molecule has 5 heteroatoms. The van der Waals surface area contributed by atoms with Gasteiger partial charge in [0.25, 0.3) is 0 Å². The number of benzene rings is 2. The number of carbonyl (C=O) groups excluding carboxylic acids is 2. The molecular weight excluding hydrogens is 270 g/mol. The van der Waals surface area contributed by atoms with Crippen LogP contribution >= 0.6 is 0 Å². The number of hydrogen-bond donors (Lipinski definition) is 1. The van der Waals surface area contributed by atoms with Crippen molar-refractivity contribution in [3.63, 3.8) is 0 Å². The number of esters is 2. The van der Waals surface area contributed by atoms with Gasteiger partial charge in [-0.2, -0.15) is 0 Å². The zero-order valence-corrected chi connectivity index (χ0v) is 11.8. The highest BCUT2D eigenvalue weighted by atomic mass is 16.5. The van der Waals surface area contributed by atoms with Crippen LogP contribution in [0.25, 0.3) is 0 Å². The van der Waals surface area contributed by atoms with Crippen LogP contribution in [0.5, 0.6) is 0 Å². The minimum absolute atomic E-state index is 0.149. The maximum atomic E-state index is 12.0. The second-order valence-corrected chi connectivity index (χ2v) is 4.20. The smallest absolute Gasteiger partial charge is 0.340 e. The van der Waals surface area contributed by atoms with Gasteiger partial charge in [0.2, 0.25) is 0 Å². The predicted molar refractivity (Wildman–Crippen MR) is 78.8 cm³/mol. The largest absolute Gasteiger partial charge is 0.465 e. The Kier molecular flexibility index (Phi) is 4.56. The summed E-state index contributed by atoms with van der Waals surface area (Å²) >= 11 is 0. The summed E-state index contributed by atoms with van der Waals surface area (Å²) in [6.45, 7) is 0. The molecule has 0 atom stereocenters. The van der Waals surface area contributed by atoms with Crippen molar-refractivity contribution in [3.8, 4) is 0 Å². The summed E-state index contributed by atoms with van der Waals surface area (Å²) < 4.78 is 9.47. The first-order valence-corrected chi connectivity index (χ1v) is 6.29. The lowest BCUT2D eigenvalue weighted by Gasteiger charge is -2.13. The van der Waals surface area contributed by atoms with Gasteiger partial charge in [0.15, 0.2) is 0 Å². The lowest BCUT2D eigenvalue weighted by Crippen LogP contribution is -2.14. The van der Waals surface area contributed by atoms with Crippen molar-refractivity contribution in [3.05, 3.63) is 59.7 Å². The number of ether oxygens (including phenoxy) is 2. The van der Waals surface area contributed by atoms with Gasteiger partial charge in [-0.25, -0.2) is 9.59 Å². The summed E-state index contributed by atoms with van der Waals surface area (Å²) in [6.07, 6.45) is 0. The normalized spacial score (nSPS) is 9.81. The highest BCUT2D eigenvalue weighted by molar-refractivity contribution is 6.07. The number of nitrogens with one attached hydrogen (secondary N) is 1. The molecule has 5 nitrogen and oxygen atoms in total. The van der Waals surface area contributed by atoms with E-state index in [0.717, 1.165) is 5.69 Å². The van der Waals surface area contributed by atoms with Crippen LogP contribution in [0.2, 0.25) is 0 Å². The number of carbonyl (C=O) groups is 2. The van der Waals surface area contributed by atoms with E-state index in [1.54, 1.807) is 12.1 Å². The molecule has 0 radical (unpaired) electrons. The molecule has 0 bridgehead atoms. The van der Waals surface area contributed by atoms with Crippen molar-refractivity contribution >= 4 is 23.3 Å². The van der Waals surface area contributed by atoms with Crippen molar-refractivity contribution in [2.75, 3.05) is 19.5 Å². The van der Waals surface area contributed by atoms with Gasteiger partial charge >= 0.3 is 11.9 Å². The van der Waals surface area contributed by atoms with Crippen LogP contribution in [0.4, 0.5) is 11.4 Å². The average Bonchev–Trinajstić information content (AvgIpc) is 2.54. The van der Waals surface area contributed by atoms with Crippen LogP contribution in [0.15, 0.2) is 48.5 Å². The fraction of sp³-hybridized carbons (Fsp3) is 0.125. The summed E-state index contributed by atoms with van der Waals surface area (Å²) in [7, 11) is 2.53. The molecule has 0 aliphatic carbocycles. The molecular formula is C16H15NO4. The van der Waals surface area contributed by atoms with Crippen LogP contribution in [-0.2, 0) is 9.47 Å².